The van der Waals surface area contributed by atoms with Gasteiger partial charge in [-0.3, -0.25) is 9.20 Å². The molecule has 5 aromatic rings. The number of nitrogens with one attached hydrogen (secondary N) is 2. The molecule has 0 saturated carbocycles. The number of pyridine rings is 2. The van der Waals surface area contributed by atoms with Gasteiger partial charge in [0.05, 0.1) is 17.9 Å². The van der Waals surface area contributed by atoms with E-state index in [9.17, 15) is 13.6 Å². The molecule has 0 aliphatic rings. The summed E-state index contributed by atoms with van der Waals surface area (Å²) in [5.74, 6) is -0.496. The van der Waals surface area contributed by atoms with Gasteiger partial charge in [-0.05, 0) is 47.9 Å². The van der Waals surface area contributed by atoms with Crippen LogP contribution in [-0.2, 0) is 0 Å². The van der Waals surface area contributed by atoms with Crippen molar-refractivity contribution in [3.63, 3.8) is 0 Å². The molecule has 0 aliphatic carbocycles. The van der Waals surface area contributed by atoms with Crippen LogP contribution in [0.5, 0.6) is 0 Å². The summed E-state index contributed by atoms with van der Waals surface area (Å²) in [4.78, 5) is 29.1. The SMILES string of the molecule is CCC(Nc1ncnc2[nH]cnc12)c1cc2ccc(F)cn2c(=O)c1-c1cccc(F)c1. The maximum atomic E-state index is 14.0. The highest BCUT2D eigenvalue weighted by atomic mass is 19.1. The van der Waals surface area contributed by atoms with Gasteiger partial charge in [0.15, 0.2) is 11.5 Å². The summed E-state index contributed by atoms with van der Waals surface area (Å²) in [6.45, 7) is 1.96. The smallest absolute Gasteiger partial charge is 0.263 e. The molecule has 32 heavy (non-hydrogen) atoms. The Labute approximate surface area is 180 Å². The number of hydrogen-bond acceptors (Lipinski definition) is 5. The summed E-state index contributed by atoms with van der Waals surface area (Å²) in [5.41, 5.74) is 2.59. The second-order valence-corrected chi connectivity index (χ2v) is 7.36. The lowest BCUT2D eigenvalue weighted by molar-refractivity contribution is 0.617. The van der Waals surface area contributed by atoms with Crippen LogP contribution in [-0.4, -0.2) is 24.3 Å². The van der Waals surface area contributed by atoms with Crippen LogP contribution < -0.4 is 10.9 Å². The number of rotatable bonds is 5. The molecule has 160 valence electrons. The van der Waals surface area contributed by atoms with E-state index in [0.29, 0.717) is 45.6 Å². The fourth-order valence-corrected chi connectivity index (χ4v) is 3.90. The largest absolute Gasteiger partial charge is 0.361 e. The Hall–Kier alpha value is -4.14. The standard InChI is InChI=1S/C23H18F2N6O/c1-2-18(30-22-20-21(27-11-26-20)28-12-29-22)17-9-16-7-6-15(25)10-31(16)23(32)19(17)13-4-3-5-14(24)8-13/h3-12,18H,2H2,1H3,(H2,26,27,28,29,30). The summed E-state index contributed by atoms with van der Waals surface area (Å²) in [6.07, 6.45) is 4.67. The van der Waals surface area contributed by atoms with Crippen LogP contribution in [0.25, 0.3) is 27.8 Å². The predicted molar refractivity (Wildman–Crippen MR) is 117 cm³/mol. The van der Waals surface area contributed by atoms with E-state index in [2.05, 4.69) is 25.3 Å². The van der Waals surface area contributed by atoms with Crippen molar-refractivity contribution < 1.29 is 8.78 Å². The van der Waals surface area contributed by atoms with E-state index in [1.165, 1.54) is 35.3 Å². The number of nitrogens with zero attached hydrogens (tertiary/aromatic N) is 4. The van der Waals surface area contributed by atoms with Crippen LogP contribution in [0.1, 0.15) is 24.9 Å². The molecule has 1 atom stereocenters. The molecule has 2 N–H and O–H groups in total. The van der Waals surface area contributed by atoms with Gasteiger partial charge in [0, 0.05) is 11.7 Å². The van der Waals surface area contributed by atoms with Crippen LogP contribution in [0.15, 0.2) is 66.1 Å². The van der Waals surface area contributed by atoms with Crippen molar-refractivity contribution in [2.45, 2.75) is 19.4 Å². The van der Waals surface area contributed by atoms with Gasteiger partial charge >= 0.3 is 0 Å². The highest BCUT2D eigenvalue weighted by molar-refractivity contribution is 5.82. The first kappa shape index (κ1) is 19.8. The summed E-state index contributed by atoms with van der Waals surface area (Å²) < 4.78 is 29.2. The minimum absolute atomic E-state index is 0.291. The van der Waals surface area contributed by atoms with Crippen molar-refractivity contribution in [1.29, 1.82) is 0 Å². The summed E-state index contributed by atoms with van der Waals surface area (Å²) in [6, 6.07) is 10.1. The second kappa shape index (κ2) is 7.84. The number of benzene rings is 1. The molecule has 7 nitrogen and oxygen atoms in total. The highest BCUT2D eigenvalue weighted by Crippen LogP contribution is 2.32. The van der Waals surface area contributed by atoms with Gasteiger partial charge in [0.1, 0.15) is 23.5 Å². The van der Waals surface area contributed by atoms with Crippen LogP contribution in [0, 0.1) is 11.6 Å². The second-order valence-electron chi connectivity index (χ2n) is 7.36. The first-order valence-electron chi connectivity index (χ1n) is 10.1. The van der Waals surface area contributed by atoms with E-state index in [1.807, 2.05) is 13.0 Å². The molecule has 0 radical (unpaired) electrons. The van der Waals surface area contributed by atoms with Crippen LogP contribution in [0.3, 0.4) is 0 Å². The molecule has 4 aromatic heterocycles. The van der Waals surface area contributed by atoms with Gasteiger partial charge in [-0.15, -0.1) is 0 Å². The van der Waals surface area contributed by atoms with Crippen molar-refractivity contribution in [1.82, 2.24) is 24.3 Å². The van der Waals surface area contributed by atoms with E-state index < -0.39 is 17.2 Å². The summed E-state index contributed by atoms with van der Waals surface area (Å²) >= 11 is 0. The molecule has 0 amide bonds. The Morgan fingerprint density at radius 2 is 1.97 bits per heavy atom. The van der Waals surface area contributed by atoms with Crippen LogP contribution in [0.2, 0.25) is 0 Å². The zero-order valence-electron chi connectivity index (χ0n) is 17.0. The van der Waals surface area contributed by atoms with E-state index in [-0.39, 0.29) is 6.04 Å². The third-order valence-electron chi connectivity index (χ3n) is 5.39. The van der Waals surface area contributed by atoms with E-state index in [1.54, 1.807) is 18.2 Å². The average Bonchev–Trinajstić information content (AvgIpc) is 3.27. The molecular formula is C23H18F2N6O. The lowest BCUT2D eigenvalue weighted by Crippen LogP contribution is -2.22. The quantitative estimate of drug-likeness (QED) is 0.428. The Morgan fingerprint density at radius 3 is 2.78 bits per heavy atom. The van der Waals surface area contributed by atoms with Crippen LogP contribution in [0.4, 0.5) is 14.6 Å². The van der Waals surface area contributed by atoms with Crippen molar-refractivity contribution in [3.05, 3.63) is 88.9 Å². The van der Waals surface area contributed by atoms with Gasteiger partial charge in [-0.25, -0.2) is 23.7 Å². The fraction of sp³-hybridized carbons (Fsp3) is 0.130. The van der Waals surface area contributed by atoms with Gasteiger partial charge < -0.3 is 10.3 Å². The molecule has 5 rings (SSSR count). The maximum Gasteiger partial charge on any atom is 0.263 e. The van der Waals surface area contributed by atoms with E-state index >= 15 is 0 Å². The molecular weight excluding hydrogens is 414 g/mol. The molecule has 1 unspecified atom stereocenters. The average molecular weight is 432 g/mol. The van der Waals surface area contributed by atoms with Gasteiger partial charge in [-0.1, -0.05) is 19.1 Å². The number of anilines is 1. The minimum Gasteiger partial charge on any atom is -0.361 e. The van der Waals surface area contributed by atoms with Crippen molar-refractivity contribution >= 4 is 22.5 Å². The van der Waals surface area contributed by atoms with Gasteiger partial charge in [0.2, 0.25) is 0 Å². The number of hydrogen-bond donors (Lipinski definition) is 2. The molecule has 0 spiro atoms. The van der Waals surface area contributed by atoms with Gasteiger partial charge in [0.25, 0.3) is 5.56 Å². The fourth-order valence-electron chi connectivity index (χ4n) is 3.90. The first-order chi connectivity index (χ1) is 15.5. The third kappa shape index (κ3) is 3.37. The summed E-state index contributed by atoms with van der Waals surface area (Å²) in [5, 5.41) is 3.35. The van der Waals surface area contributed by atoms with Crippen molar-refractivity contribution in [2.75, 3.05) is 5.32 Å². The number of imidazole rings is 1. The zero-order chi connectivity index (χ0) is 22.2. The normalized spacial score (nSPS) is 12.3. The van der Waals surface area contributed by atoms with Gasteiger partial charge in [-0.2, -0.15) is 0 Å². The lowest BCUT2D eigenvalue weighted by atomic mass is 9.94. The molecule has 1 aromatic carbocycles. The lowest BCUT2D eigenvalue weighted by Gasteiger charge is -2.22. The number of halogens is 2. The van der Waals surface area contributed by atoms with Crippen molar-refractivity contribution in [3.8, 4) is 11.1 Å². The topological polar surface area (TPSA) is 88.0 Å². The third-order valence-corrected chi connectivity index (χ3v) is 5.39. The number of H-pyrrole nitrogens is 1. The summed E-state index contributed by atoms with van der Waals surface area (Å²) in [7, 11) is 0. The predicted octanol–water partition coefficient (Wildman–Crippen LogP) is 4.47. The highest BCUT2D eigenvalue weighted by Gasteiger charge is 2.22. The van der Waals surface area contributed by atoms with Crippen molar-refractivity contribution in [2.24, 2.45) is 0 Å². The van der Waals surface area contributed by atoms with E-state index in [0.717, 1.165) is 6.20 Å². The zero-order valence-corrected chi connectivity index (χ0v) is 17.0. The molecule has 4 heterocycles. The molecule has 9 heteroatoms. The Kier molecular flexibility index (Phi) is 4.85. The number of aromatic amines is 1. The van der Waals surface area contributed by atoms with E-state index in [4.69, 9.17) is 0 Å². The Morgan fingerprint density at radius 1 is 1.09 bits per heavy atom. The first-order valence-corrected chi connectivity index (χ1v) is 10.1. The molecule has 0 fully saturated rings. The van der Waals surface area contributed by atoms with Crippen LogP contribution >= 0.6 is 0 Å². The monoisotopic (exact) mass is 432 g/mol. The molecule has 0 saturated heterocycles. The molecule has 0 bridgehead atoms. The Bertz CT molecular complexity index is 1510. The molecule has 0 aliphatic heterocycles. The number of fused-ring (bicyclic) bond motifs is 2. The minimum atomic E-state index is -0.537. The maximum absolute atomic E-state index is 14.0. The Balaban J connectivity index is 1.74. The number of aromatic nitrogens is 5.